The van der Waals surface area contributed by atoms with E-state index in [1.165, 1.54) is 0 Å². The van der Waals surface area contributed by atoms with Crippen LogP contribution in [0.5, 0.6) is 5.75 Å². The number of para-hydroxylation sites is 1. The van der Waals surface area contributed by atoms with E-state index >= 15 is 0 Å². The van der Waals surface area contributed by atoms with Crippen molar-refractivity contribution >= 4 is 11.6 Å². The Morgan fingerprint density at radius 2 is 1.88 bits per heavy atom. The number of nitrogens with one attached hydrogen (secondary N) is 2. The van der Waals surface area contributed by atoms with Crippen molar-refractivity contribution in [3.63, 3.8) is 0 Å². The predicted molar refractivity (Wildman–Crippen MR) is 95.1 cm³/mol. The average molecular weight is 328 g/mol. The third-order valence-electron chi connectivity index (χ3n) is 3.42. The number of carbonyl (C=O) groups excluding carboxylic acids is 1. The van der Waals surface area contributed by atoms with Crippen LogP contribution < -0.4 is 15.4 Å². The molecule has 0 aliphatic carbocycles. The minimum Gasteiger partial charge on any atom is -0.483 e. The predicted octanol–water partition coefficient (Wildman–Crippen LogP) is 2.48. The molecule has 0 bridgehead atoms. The minimum atomic E-state index is -0.404. The summed E-state index contributed by atoms with van der Waals surface area (Å²) < 4.78 is 5.64. The lowest BCUT2D eigenvalue weighted by Crippen LogP contribution is -2.24. The highest BCUT2D eigenvalue weighted by atomic mass is 16.5. The Balaban J connectivity index is 1.86. The van der Waals surface area contributed by atoms with Crippen molar-refractivity contribution in [1.82, 2.24) is 5.32 Å². The molecule has 0 unspecified atom stereocenters. The van der Waals surface area contributed by atoms with Gasteiger partial charge in [-0.3, -0.25) is 4.79 Å². The van der Waals surface area contributed by atoms with Crippen LogP contribution in [0.25, 0.3) is 0 Å². The minimum absolute atomic E-state index is 0.0543. The summed E-state index contributed by atoms with van der Waals surface area (Å²) >= 11 is 0. The molecule has 0 aliphatic rings. The number of aryl methyl sites for hydroxylation is 1. The first-order valence-electron chi connectivity index (χ1n) is 8.00. The molecular weight excluding hydrogens is 304 g/mol. The Bertz CT molecular complexity index is 654. The molecule has 0 saturated carbocycles. The molecule has 2 aromatic rings. The summed E-state index contributed by atoms with van der Waals surface area (Å²) in [6.45, 7) is 4.74. The van der Waals surface area contributed by atoms with Gasteiger partial charge in [0.25, 0.3) is 5.91 Å². The highest BCUT2D eigenvalue weighted by Crippen LogP contribution is 2.18. The van der Waals surface area contributed by atoms with Gasteiger partial charge in [-0.25, -0.2) is 0 Å². The van der Waals surface area contributed by atoms with Crippen LogP contribution in [-0.2, 0) is 11.3 Å². The van der Waals surface area contributed by atoms with Crippen LogP contribution in [0, 0.1) is 6.92 Å². The smallest absolute Gasteiger partial charge is 0.262 e. The maximum absolute atomic E-state index is 12.0. The molecule has 2 aromatic carbocycles. The van der Waals surface area contributed by atoms with Crippen molar-refractivity contribution in [2.24, 2.45) is 0 Å². The Labute approximate surface area is 142 Å². The van der Waals surface area contributed by atoms with Crippen molar-refractivity contribution in [3.8, 4) is 5.75 Å². The number of hydrogen-bond acceptors (Lipinski definition) is 4. The van der Waals surface area contributed by atoms with Crippen molar-refractivity contribution in [2.45, 2.75) is 26.5 Å². The highest BCUT2D eigenvalue weighted by Gasteiger charge is 2.07. The SMILES string of the molecule is Cc1ccc(NC(=O)COc2ccccc2CNC[C@H](C)O)cc1. The van der Waals surface area contributed by atoms with E-state index in [0.29, 0.717) is 18.8 Å². The zero-order valence-corrected chi connectivity index (χ0v) is 14.1. The number of rotatable bonds is 8. The molecule has 24 heavy (non-hydrogen) atoms. The van der Waals surface area contributed by atoms with E-state index in [0.717, 1.165) is 16.8 Å². The van der Waals surface area contributed by atoms with E-state index in [9.17, 15) is 9.90 Å². The lowest BCUT2D eigenvalue weighted by molar-refractivity contribution is -0.118. The first-order chi connectivity index (χ1) is 11.5. The topological polar surface area (TPSA) is 70.6 Å². The van der Waals surface area contributed by atoms with Crippen LogP contribution in [0.1, 0.15) is 18.1 Å². The summed E-state index contributed by atoms with van der Waals surface area (Å²) in [5.74, 6) is 0.459. The van der Waals surface area contributed by atoms with E-state index in [4.69, 9.17) is 4.74 Å². The summed E-state index contributed by atoms with van der Waals surface area (Å²) in [5.41, 5.74) is 2.84. The van der Waals surface area contributed by atoms with Gasteiger partial charge in [-0.15, -0.1) is 0 Å². The molecule has 1 atom stereocenters. The number of amides is 1. The lowest BCUT2D eigenvalue weighted by Gasteiger charge is -2.13. The zero-order chi connectivity index (χ0) is 17.4. The second kappa shape index (κ2) is 9.05. The van der Waals surface area contributed by atoms with E-state index in [2.05, 4.69) is 10.6 Å². The highest BCUT2D eigenvalue weighted by molar-refractivity contribution is 5.91. The fourth-order valence-corrected chi connectivity index (χ4v) is 2.18. The maximum Gasteiger partial charge on any atom is 0.262 e. The summed E-state index contributed by atoms with van der Waals surface area (Å²) in [6, 6.07) is 15.2. The zero-order valence-electron chi connectivity index (χ0n) is 14.1. The van der Waals surface area contributed by atoms with Gasteiger partial charge in [0.15, 0.2) is 6.61 Å². The summed E-state index contributed by atoms with van der Waals surface area (Å²) in [4.78, 5) is 12.0. The Kier molecular flexibility index (Phi) is 6.78. The van der Waals surface area contributed by atoms with E-state index < -0.39 is 6.10 Å². The van der Waals surface area contributed by atoms with Crippen molar-refractivity contribution < 1.29 is 14.6 Å². The molecule has 5 nitrogen and oxygen atoms in total. The molecular formula is C19H24N2O3. The number of benzene rings is 2. The van der Waals surface area contributed by atoms with Crippen LogP contribution >= 0.6 is 0 Å². The van der Waals surface area contributed by atoms with Gasteiger partial charge in [0.1, 0.15) is 5.75 Å². The fraction of sp³-hybridized carbons (Fsp3) is 0.316. The van der Waals surface area contributed by atoms with E-state index in [1.54, 1.807) is 6.92 Å². The number of aliphatic hydroxyl groups excluding tert-OH is 1. The first-order valence-corrected chi connectivity index (χ1v) is 8.00. The monoisotopic (exact) mass is 328 g/mol. The van der Waals surface area contributed by atoms with Gasteiger partial charge in [0.2, 0.25) is 0 Å². The molecule has 1 amide bonds. The summed E-state index contributed by atoms with van der Waals surface area (Å²) in [5, 5.41) is 15.2. The van der Waals surface area contributed by atoms with Gasteiger partial charge in [-0.2, -0.15) is 0 Å². The Morgan fingerprint density at radius 1 is 1.17 bits per heavy atom. The van der Waals surface area contributed by atoms with Gasteiger partial charge in [0.05, 0.1) is 6.10 Å². The third-order valence-corrected chi connectivity index (χ3v) is 3.42. The number of aliphatic hydroxyl groups is 1. The van der Waals surface area contributed by atoms with Gasteiger partial charge in [-0.05, 0) is 32.0 Å². The molecule has 0 aliphatic heterocycles. The van der Waals surface area contributed by atoms with Gasteiger partial charge >= 0.3 is 0 Å². The van der Waals surface area contributed by atoms with Crippen LogP contribution in [-0.4, -0.2) is 30.3 Å². The van der Waals surface area contributed by atoms with E-state index in [1.807, 2.05) is 55.5 Å². The summed E-state index contributed by atoms with van der Waals surface area (Å²) in [6.07, 6.45) is -0.404. The Morgan fingerprint density at radius 3 is 2.58 bits per heavy atom. The number of hydrogen-bond donors (Lipinski definition) is 3. The van der Waals surface area contributed by atoms with Crippen LogP contribution in [0.15, 0.2) is 48.5 Å². The second-order valence-electron chi connectivity index (χ2n) is 5.79. The normalized spacial score (nSPS) is 11.8. The first kappa shape index (κ1) is 18.0. The van der Waals surface area contributed by atoms with Crippen molar-refractivity contribution in [3.05, 3.63) is 59.7 Å². The fourth-order valence-electron chi connectivity index (χ4n) is 2.18. The summed E-state index contributed by atoms with van der Waals surface area (Å²) in [7, 11) is 0. The van der Waals surface area contributed by atoms with Crippen LogP contribution in [0.4, 0.5) is 5.69 Å². The molecule has 0 spiro atoms. The molecule has 5 heteroatoms. The standard InChI is InChI=1S/C19H24N2O3/c1-14-7-9-17(10-8-14)21-19(23)13-24-18-6-4-3-5-16(18)12-20-11-15(2)22/h3-10,15,20,22H,11-13H2,1-2H3,(H,21,23)/t15-/m0/s1. The van der Waals surface area contributed by atoms with Gasteiger partial charge < -0.3 is 20.5 Å². The molecule has 2 rings (SSSR count). The maximum atomic E-state index is 12.0. The molecule has 3 N–H and O–H groups in total. The van der Waals surface area contributed by atoms with Gasteiger partial charge in [0, 0.05) is 24.3 Å². The number of carbonyl (C=O) groups is 1. The lowest BCUT2D eigenvalue weighted by atomic mass is 10.2. The molecule has 0 heterocycles. The number of ether oxygens (including phenoxy) is 1. The van der Waals surface area contributed by atoms with Gasteiger partial charge in [-0.1, -0.05) is 35.9 Å². The Hall–Kier alpha value is -2.37. The quantitative estimate of drug-likeness (QED) is 0.696. The van der Waals surface area contributed by atoms with Crippen LogP contribution in [0.3, 0.4) is 0 Å². The average Bonchev–Trinajstić information content (AvgIpc) is 2.56. The molecule has 128 valence electrons. The molecule has 0 aromatic heterocycles. The third kappa shape index (κ3) is 6.02. The number of anilines is 1. The second-order valence-corrected chi connectivity index (χ2v) is 5.79. The van der Waals surface area contributed by atoms with Crippen molar-refractivity contribution in [1.29, 1.82) is 0 Å². The van der Waals surface area contributed by atoms with Crippen LogP contribution in [0.2, 0.25) is 0 Å². The largest absolute Gasteiger partial charge is 0.483 e. The van der Waals surface area contributed by atoms with Crippen molar-refractivity contribution in [2.75, 3.05) is 18.5 Å². The van der Waals surface area contributed by atoms with E-state index in [-0.39, 0.29) is 12.5 Å². The molecule has 0 fully saturated rings. The molecule has 0 radical (unpaired) electrons. The molecule has 0 saturated heterocycles.